The van der Waals surface area contributed by atoms with Gasteiger partial charge in [0.1, 0.15) is 6.33 Å². The molecular weight excluding hydrogens is 402 g/mol. The van der Waals surface area contributed by atoms with Crippen molar-refractivity contribution in [2.75, 3.05) is 48.3 Å². The summed E-state index contributed by atoms with van der Waals surface area (Å²) >= 11 is 6.11. The number of nitrogens with one attached hydrogen (secondary N) is 2. The maximum atomic E-state index is 11.8. The lowest BCUT2D eigenvalue weighted by atomic mass is 10.2. The second-order valence-corrected chi connectivity index (χ2v) is 7.28. The highest BCUT2D eigenvalue weighted by Crippen LogP contribution is 2.22. The fourth-order valence-corrected chi connectivity index (χ4v) is 3.53. The van der Waals surface area contributed by atoms with E-state index in [0.29, 0.717) is 17.5 Å². The van der Waals surface area contributed by atoms with Crippen LogP contribution >= 0.6 is 11.6 Å². The molecule has 0 unspecified atom stereocenters. The molecule has 1 saturated heterocycles. The topological polar surface area (TPSA) is 86.3 Å². The van der Waals surface area contributed by atoms with Gasteiger partial charge in [0.25, 0.3) is 5.91 Å². The summed E-state index contributed by atoms with van der Waals surface area (Å²) in [6, 6.07) is 15.1. The Morgan fingerprint density at radius 2 is 1.77 bits per heavy atom. The monoisotopic (exact) mass is 423 g/mol. The van der Waals surface area contributed by atoms with Crippen LogP contribution in [0.1, 0.15) is 10.4 Å². The average molecular weight is 424 g/mol. The molecule has 0 bridgehead atoms. The molecule has 2 aromatic carbocycles. The summed E-state index contributed by atoms with van der Waals surface area (Å²) in [4.78, 5) is 29.4. The predicted molar refractivity (Wildman–Crippen MR) is 119 cm³/mol. The third-order valence-corrected chi connectivity index (χ3v) is 5.14. The lowest BCUT2D eigenvalue weighted by Gasteiger charge is -2.36. The summed E-state index contributed by atoms with van der Waals surface area (Å²) < 4.78 is 0. The number of amides is 1. The van der Waals surface area contributed by atoms with E-state index in [0.717, 1.165) is 42.6 Å². The number of carbonyl (C=O) groups is 1. The Labute approximate surface area is 179 Å². The number of rotatable bonds is 5. The summed E-state index contributed by atoms with van der Waals surface area (Å²) in [5, 5.41) is 6.51. The maximum Gasteiger partial charge on any atom is 0.251 e. The van der Waals surface area contributed by atoms with Crippen LogP contribution in [0.15, 0.2) is 54.9 Å². The minimum Gasteiger partial charge on any atom is -0.368 e. The van der Waals surface area contributed by atoms with Crippen molar-refractivity contribution >= 4 is 40.8 Å². The highest BCUT2D eigenvalue weighted by atomic mass is 35.5. The van der Waals surface area contributed by atoms with Gasteiger partial charge in [-0.25, -0.2) is 9.97 Å². The molecule has 0 radical (unpaired) electrons. The Hall–Kier alpha value is -3.39. The molecule has 1 amide bonds. The van der Waals surface area contributed by atoms with E-state index >= 15 is 0 Å². The molecule has 0 saturated carbocycles. The van der Waals surface area contributed by atoms with Crippen molar-refractivity contribution in [3.63, 3.8) is 0 Å². The number of anilines is 4. The minimum atomic E-state index is -0.146. The van der Waals surface area contributed by atoms with Crippen LogP contribution in [0, 0.1) is 0 Å². The fourth-order valence-electron chi connectivity index (χ4n) is 3.35. The summed E-state index contributed by atoms with van der Waals surface area (Å²) in [6.45, 7) is 3.29. The van der Waals surface area contributed by atoms with Gasteiger partial charge in [0.15, 0.2) is 0 Å². The van der Waals surface area contributed by atoms with Gasteiger partial charge in [-0.3, -0.25) is 4.79 Å². The number of aromatic nitrogens is 3. The van der Waals surface area contributed by atoms with Gasteiger partial charge in [-0.05, 0) is 36.4 Å². The first kappa shape index (κ1) is 19.9. The number of carbonyl (C=O) groups excluding carboxylic acids is 1. The standard InChI is InChI=1S/C21H22ClN7O/c1-23-19(30)15-4-2-6-17(12-15)26-20-24-14-25-21(27-20)29-10-8-28(9-11-29)18-7-3-5-16(22)13-18/h2-7,12-14H,8-11H2,1H3,(H,23,30)(H,24,25,26,27). The molecule has 1 aliphatic rings. The SMILES string of the molecule is CNC(=O)c1cccc(Nc2ncnc(N3CCN(c4cccc(Cl)c4)CC3)n2)c1. The van der Waals surface area contributed by atoms with Crippen LogP contribution < -0.4 is 20.4 Å². The molecule has 8 nitrogen and oxygen atoms in total. The molecule has 2 heterocycles. The smallest absolute Gasteiger partial charge is 0.251 e. The maximum absolute atomic E-state index is 11.8. The second kappa shape index (κ2) is 8.96. The molecule has 4 rings (SSSR count). The van der Waals surface area contributed by atoms with Crippen LogP contribution in [-0.4, -0.2) is 54.1 Å². The van der Waals surface area contributed by atoms with Gasteiger partial charge in [0.2, 0.25) is 11.9 Å². The molecule has 154 valence electrons. The zero-order valence-electron chi connectivity index (χ0n) is 16.5. The molecule has 1 aromatic heterocycles. The first-order valence-electron chi connectivity index (χ1n) is 9.66. The van der Waals surface area contributed by atoms with E-state index in [9.17, 15) is 4.79 Å². The fraction of sp³-hybridized carbons (Fsp3) is 0.238. The summed E-state index contributed by atoms with van der Waals surface area (Å²) in [5.74, 6) is 0.916. The van der Waals surface area contributed by atoms with E-state index in [2.05, 4.69) is 41.5 Å². The Kier molecular flexibility index (Phi) is 5.94. The van der Waals surface area contributed by atoms with Crippen molar-refractivity contribution in [2.45, 2.75) is 0 Å². The molecule has 0 atom stereocenters. The third-order valence-electron chi connectivity index (χ3n) is 4.90. The van der Waals surface area contributed by atoms with Crippen molar-refractivity contribution in [1.29, 1.82) is 0 Å². The Morgan fingerprint density at radius 1 is 1.00 bits per heavy atom. The lowest BCUT2D eigenvalue weighted by Crippen LogP contribution is -2.47. The average Bonchev–Trinajstić information content (AvgIpc) is 2.79. The molecule has 0 spiro atoms. The second-order valence-electron chi connectivity index (χ2n) is 6.85. The largest absolute Gasteiger partial charge is 0.368 e. The Balaban J connectivity index is 1.42. The molecule has 9 heteroatoms. The highest BCUT2D eigenvalue weighted by molar-refractivity contribution is 6.30. The van der Waals surface area contributed by atoms with E-state index in [-0.39, 0.29) is 5.91 Å². The van der Waals surface area contributed by atoms with Crippen LogP contribution in [0.5, 0.6) is 0 Å². The number of hydrogen-bond acceptors (Lipinski definition) is 7. The zero-order chi connectivity index (χ0) is 20.9. The van der Waals surface area contributed by atoms with Crippen molar-refractivity contribution in [3.8, 4) is 0 Å². The Morgan fingerprint density at radius 3 is 2.53 bits per heavy atom. The number of benzene rings is 2. The molecular formula is C21H22ClN7O. The molecule has 30 heavy (non-hydrogen) atoms. The Bertz CT molecular complexity index is 1040. The first-order valence-corrected chi connectivity index (χ1v) is 10.0. The normalized spacial score (nSPS) is 13.8. The summed E-state index contributed by atoms with van der Waals surface area (Å²) in [5.41, 5.74) is 2.42. The van der Waals surface area contributed by atoms with Crippen LogP contribution in [0.4, 0.5) is 23.3 Å². The van der Waals surface area contributed by atoms with Gasteiger partial charge in [0.05, 0.1) is 0 Å². The van der Waals surface area contributed by atoms with Gasteiger partial charge >= 0.3 is 0 Å². The molecule has 2 N–H and O–H groups in total. The zero-order valence-corrected chi connectivity index (χ0v) is 17.3. The van der Waals surface area contributed by atoms with Gasteiger partial charge in [-0.15, -0.1) is 0 Å². The van der Waals surface area contributed by atoms with E-state index < -0.39 is 0 Å². The quantitative estimate of drug-likeness (QED) is 0.652. The van der Waals surface area contributed by atoms with Crippen molar-refractivity contribution < 1.29 is 4.79 Å². The van der Waals surface area contributed by atoms with Crippen LogP contribution in [0.3, 0.4) is 0 Å². The van der Waals surface area contributed by atoms with Crippen LogP contribution in [0.25, 0.3) is 0 Å². The third kappa shape index (κ3) is 4.60. The first-order chi connectivity index (χ1) is 14.6. The number of hydrogen-bond donors (Lipinski definition) is 2. The summed E-state index contributed by atoms with van der Waals surface area (Å²) in [6.07, 6.45) is 1.50. The number of nitrogens with zero attached hydrogens (tertiary/aromatic N) is 5. The van der Waals surface area contributed by atoms with Gasteiger partial charge < -0.3 is 20.4 Å². The van der Waals surface area contributed by atoms with Crippen molar-refractivity contribution in [3.05, 3.63) is 65.4 Å². The molecule has 3 aromatic rings. The summed E-state index contributed by atoms with van der Waals surface area (Å²) in [7, 11) is 1.60. The van der Waals surface area contributed by atoms with Crippen LogP contribution in [0.2, 0.25) is 5.02 Å². The van der Waals surface area contributed by atoms with E-state index in [1.807, 2.05) is 30.3 Å². The molecule has 1 aliphatic heterocycles. The van der Waals surface area contributed by atoms with Crippen molar-refractivity contribution in [2.24, 2.45) is 0 Å². The lowest BCUT2D eigenvalue weighted by molar-refractivity contribution is 0.0963. The van der Waals surface area contributed by atoms with Crippen molar-refractivity contribution in [1.82, 2.24) is 20.3 Å². The van der Waals surface area contributed by atoms with Crippen LogP contribution in [-0.2, 0) is 0 Å². The highest BCUT2D eigenvalue weighted by Gasteiger charge is 2.20. The number of piperazine rings is 1. The van der Waals surface area contributed by atoms with E-state index in [4.69, 9.17) is 11.6 Å². The van der Waals surface area contributed by atoms with Gasteiger partial charge in [0, 0.05) is 55.2 Å². The van der Waals surface area contributed by atoms with Gasteiger partial charge in [-0.2, -0.15) is 4.98 Å². The van der Waals surface area contributed by atoms with E-state index in [1.165, 1.54) is 6.33 Å². The predicted octanol–water partition coefficient (Wildman–Crippen LogP) is 2.95. The molecule has 0 aliphatic carbocycles. The number of halogens is 1. The van der Waals surface area contributed by atoms with Gasteiger partial charge in [-0.1, -0.05) is 23.7 Å². The molecule has 1 fully saturated rings. The minimum absolute atomic E-state index is 0.146. The van der Waals surface area contributed by atoms with E-state index in [1.54, 1.807) is 19.2 Å².